The molecule has 0 aromatic heterocycles. The Morgan fingerprint density at radius 2 is 1.54 bits per heavy atom. The second-order valence-electron chi connectivity index (χ2n) is 6.06. The number of benzene rings is 2. The van der Waals surface area contributed by atoms with Crippen molar-refractivity contribution < 1.29 is 9.47 Å². The van der Waals surface area contributed by atoms with Crippen LogP contribution in [0.4, 0.5) is 0 Å². The summed E-state index contributed by atoms with van der Waals surface area (Å²) in [5, 5.41) is 4.19. The molecule has 2 aromatic carbocycles. The van der Waals surface area contributed by atoms with Crippen LogP contribution in [0.15, 0.2) is 48.5 Å². The fourth-order valence-corrected chi connectivity index (χ4v) is 2.46. The van der Waals surface area contributed by atoms with Crippen molar-refractivity contribution in [1.82, 2.24) is 5.32 Å². The first kappa shape index (κ1) is 22.8. The lowest BCUT2D eigenvalue weighted by atomic mass is 10.2. The topological polar surface area (TPSA) is 30.5 Å². The Balaban J connectivity index is 0.00000338. The van der Waals surface area contributed by atoms with E-state index in [4.69, 9.17) is 21.1 Å². The molecule has 5 heteroatoms. The van der Waals surface area contributed by atoms with E-state index in [2.05, 4.69) is 24.4 Å². The van der Waals surface area contributed by atoms with Crippen LogP contribution in [0, 0.1) is 0 Å². The molecule has 2 rings (SSSR count). The van der Waals surface area contributed by atoms with Crippen LogP contribution in [0.1, 0.15) is 37.3 Å². The minimum Gasteiger partial charge on any atom is -0.489 e. The predicted octanol–water partition coefficient (Wildman–Crippen LogP) is 5.64. The zero-order valence-electron chi connectivity index (χ0n) is 15.4. The molecule has 0 saturated heterocycles. The van der Waals surface area contributed by atoms with Gasteiger partial charge in [0.2, 0.25) is 0 Å². The summed E-state index contributed by atoms with van der Waals surface area (Å²) in [5.41, 5.74) is 2.36. The van der Waals surface area contributed by atoms with Crippen molar-refractivity contribution in [3.05, 3.63) is 64.7 Å². The maximum Gasteiger partial charge on any atom is 0.119 e. The summed E-state index contributed by atoms with van der Waals surface area (Å²) < 4.78 is 11.3. The third-order valence-electron chi connectivity index (χ3n) is 3.86. The van der Waals surface area contributed by atoms with Gasteiger partial charge in [-0.05, 0) is 54.8 Å². The van der Waals surface area contributed by atoms with E-state index in [1.165, 1.54) is 12.0 Å². The molecule has 144 valence electrons. The highest BCUT2D eigenvalue weighted by molar-refractivity contribution is 6.30. The van der Waals surface area contributed by atoms with Gasteiger partial charge in [0.25, 0.3) is 0 Å². The van der Waals surface area contributed by atoms with Crippen LogP contribution >= 0.6 is 24.0 Å². The lowest BCUT2D eigenvalue weighted by Gasteiger charge is -2.09. The monoisotopic (exact) mass is 397 g/mol. The van der Waals surface area contributed by atoms with Crippen molar-refractivity contribution in [2.24, 2.45) is 0 Å². The van der Waals surface area contributed by atoms with E-state index in [1.54, 1.807) is 0 Å². The quantitative estimate of drug-likeness (QED) is 0.470. The van der Waals surface area contributed by atoms with Gasteiger partial charge in [-0.1, -0.05) is 49.2 Å². The zero-order valence-corrected chi connectivity index (χ0v) is 17.0. The second kappa shape index (κ2) is 13.9. The van der Waals surface area contributed by atoms with Crippen LogP contribution < -0.4 is 10.1 Å². The highest BCUT2D eigenvalue weighted by Crippen LogP contribution is 2.15. The van der Waals surface area contributed by atoms with Gasteiger partial charge in [-0.25, -0.2) is 0 Å². The van der Waals surface area contributed by atoms with E-state index in [1.807, 2.05) is 36.4 Å². The standard InChI is InChI=1S/C21H28ClNO2.ClH/c1-2-3-14-24-15-4-13-23-16-18-7-11-21(12-8-18)25-17-19-5-9-20(22)10-6-19;/h5-12,23H,2-4,13-17H2,1H3;1H. The van der Waals surface area contributed by atoms with Gasteiger partial charge >= 0.3 is 0 Å². The van der Waals surface area contributed by atoms with Crippen LogP contribution in [-0.2, 0) is 17.9 Å². The van der Waals surface area contributed by atoms with Gasteiger partial charge in [-0.3, -0.25) is 0 Å². The summed E-state index contributed by atoms with van der Waals surface area (Å²) >= 11 is 5.88. The highest BCUT2D eigenvalue weighted by atomic mass is 35.5. The van der Waals surface area contributed by atoms with Gasteiger partial charge < -0.3 is 14.8 Å². The number of nitrogens with one attached hydrogen (secondary N) is 1. The molecule has 26 heavy (non-hydrogen) atoms. The highest BCUT2D eigenvalue weighted by Gasteiger charge is 1.98. The molecule has 2 aromatic rings. The zero-order chi connectivity index (χ0) is 17.7. The van der Waals surface area contributed by atoms with Crippen LogP contribution in [0.3, 0.4) is 0 Å². The molecule has 0 atom stereocenters. The fraction of sp³-hybridized carbons (Fsp3) is 0.429. The van der Waals surface area contributed by atoms with E-state index in [0.717, 1.165) is 55.5 Å². The van der Waals surface area contributed by atoms with Crippen molar-refractivity contribution in [1.29, 1.82) is 0 Å². The minimum absolute atomic E-state index is 0. The number of hydrogen-bond acceptors (Lipinski definition) is 3. The molecule has 0 fully saturated rings. The first-order valence-electron chi connectivity index (χ1n) is 9.02. The lowest BCUT2D eigenvalue weighted by molar-refractivity contribution is 0.129. The van der Waals surface area contributed by atoms with Crippen molar-refractivity contribution >= 4 is 24.0 Å². The predicted molar refractivity (Wildman–Crippen MR) is 112 cm³/mol. The molecule has 0 spiro atoms. The molecule has 3 nitrogen and oxygen atoms in total. The molecule has 0 aliphatic rings. The molecule has 0 heterocycles. The van der Waals surface area contributed by atoms with Gasteiger partial charge in [-0.2, -0.15) is 0 Å². The normalized spacial score (nSPS) is 10.4. The average Bonchev–Trinajstić information content (AvgIpc) is 2.64. The Hall–Kier alpha value is -1.26. The summed E-state index contributed by atoms with van der Waals surface area (Å²) in [6, 6.07) is 15.9. The van der Waals surface area contributed by atoms with Gasteiger partial charge in [0.15, 0.2) is 0 Å². The maximum absolute atomic E-state index is 5.88. The largest absolute Gasteiger partial charge is 0.489 e. The Morgan fingerprint density at radius 3 is 2.23 bits per heavy atom. The fourth-order valence-electron chi connectivity index (χ4n) is 2.33. The smallest absolute Gasteiger partial charge is 0.119 e. The summed E-state index contributed by atoms with van der Waals surface area (Å²) in [6.45, 7) is 6.29. The number of ether oxygens (including phenoxy) is 2. The molecule has 0 aliphatic carbocycles. The minimum atomic E-state index is 0. The van der Waals surface area contributed by atoms with E-state index in [-0.39, 0.29) is 12.4 Å². The first-order chi connectivity index (χ1) is 12.3. The van der Waals surface area contributed by atoms with Gasteiger partial charge in [-0.15, -0.1) is 12.4 Å². The maximum atomic E-state index is 5.88. The average molecular weight is 398 g/mol. The van der Waals surface area contributed by atoms with Crippen molar-refractivity contribution in [3.63, 3.8) is 0 Å². The van der Waals surface area contributed by atoms with E-state index in [0.29, 0.717) is 6.61 Å². The van der Waals surface area contributed by atoms with Crippen LogP contribution in [0.2, 0.25) is 5.02 Å². The molecule has 0 aliphatic heterocycles. The number of halogens is 2. The van der Waals surface area contributed by atoms with Gasteiger partial charge in [0.05, 0.1) is 0 Å². The van der Waals surface area contributed by atoms with E-state index in [9.17, 15) is 0 Å². The molecule has 0 unspecified atom stereocenters. The van der Waals surface area contributed by atoms with Gasteiger partial charge in [0, 0.05) is 24.8 Å². The molecule has 0 radical (unpaired) electrons. The van der Waals surface area contributed by atoms with Crippen LogP contribution in [-0.4, -0.2) is 19.8 Å². The Morgan fingerprint density at radius 1 is 0.885 bits per heavy atom. The molecule has 0 saturated carbocycles. The van der Waals surface area contributed by atoms with E-state index < -0.39 is 0 Å². The van der Waals surface area contributed by atoms with Crippen molar-refractivity contribution in [3.8, 4) is 5.75 Å². The summed E-state index contributed by atoms with van der Waals surface area (Å²) in [4.78, 5) is 0. The molecule has 1 N–H and O–H groups in total. The molecule has 0 bridgehead atoms. The SMILES string of the molecule is CCCCOCCCNCc1ccc(OCc2ccc(Cl)cc2)cc1.Cl. The lowest BCUT2D eigenvalue weighted by Crippen LogP contribution is -2.16. The Labute approximate surface area is 168 Å². The van der Waals surface area contributed by atoms with Crippen LogP contribution in [0.25, 0.3) is 0 Å². The Bertz CT molecular complexity index is 588. The van der Waals surface area contributed by atoms with Crippen molar-refractivity contribution in [2.75, 3.05) is 19.8 Å². The van der Waals surface area contributed by atoms with Gasteiger partial charge in [0.1, 0.15) is 12.4 Å². The molecular formula is C21H29Cl2NO2. The van der Waals surface area contributed by atoms with Crippen LogP contribution in [0.5, 0.6) is 5.75 Å². The number of hydrogen-bond donors (Lipinski definition) is 1. The third-order valence-corrected chi connectivity index (χ3v) is 4.11. The summed E-state index contributed by atoms with van der Waals surface area (Å²) in [7, 11) is 0. The second-order valence-corrected chi connectivity index (χ2v) is 6.49. The number of unbranched alkanes of at least 4 members (excludes halogenated alkanes) is 1. The summed E-state index contributed by atoms with van der Waals surface area (Å²) in [5.74, 6) is 0.878. The molecule has 0 amide bonds. The first-order valence-corrected chi connectivity index (χ1v) is 9.40. The van der Waals surface area contributed by atoms with E-state index >= 15 is 0 Å². The van der Waals surface area contributed by atoms with Crippen molar-refractivity contribution in [2.45, 2.75) is 39.3 Å². The number of rotatable bonds is 12. The molecular weight excluding hydrogens is 369 g/mol. The summed E-state index contributed by atoms with van der Waals surface area (Å²) in [6.07, 6.45) is 3.39. The third kappa shape index (κ3) is 9.44. The Kier molecular flexibility index (Phi) is 12.2.